The van der Waals surface area contributed by atoms with E-state index in [1.807, 2.05) is 0 Å². The van der Waals surface area contributed by atoms with Crippen molar-refractivity contribution in [2.45, 2.75) is 418 Å². The molecule has 0 fully saturated rings. The third-order valence-electron chi connectivity index (χ3n) is 17.5. The lowest BCUT2D eigenvalue weighted by atomic mass is 10.0. The van der Waals surface area contributed by atoms with E-state index in [1.165, 1.54) is 315 Å². The van der Waals surface area contributed by atoms with Crippen molar-refractivity contribution in [3.05, 3.63) is 72.9 Å². The zero-order valence-electron chi connectivity index (χ0n) is 57.8. The van der Waals surface area contributed by atoms with Crippen LogP contribution in [0.4, 0.5) is 0 Å². The molecule has 0 aliphatic heterocycles. The van der Waals surface area contributed by atoms with Crippen molar-refractivity contribution in [2.75, 3.05) is 13.2 Å². The molecule has 1 unspecified atom stereocenters. The summed E-state index contributed by atoms with van der Waals surface area (Å²) < 4.78 is 10.8. The molecule has 1 atom stereocenters. The van der Waals surface area contributed by atoms with E-state index in [1.54, 1.807) is 0 Å². The molecule has 0 aromatic carbocycles. The van der Waals surface area contributed by atoms with Gasteiger partial charge in [-0.2, -0.15) is 0 Å². The van der Waals surface area contributed by atoms with Crippen LogP contribution in [0.5, 0.6) is 0 Å². The number of esters is 2. The predicted octanol–water partition coefficient (Wildman–Crippen LogP) is 27.0. The van der Waals surface area contributed by atoms with Crippen molar-refractivity contribution in [3.63, 3.8) is 0 Å². The van der Waals surface area contributed by atoms with Gasteiger partial charge in [-0.1, -0.05) is 389 Å². The molecule has 0 saturated heterocycles. The Hall–Kier alpha value is -2.66. The Bertz CT molecular complexity index is 1500. The van der Waals surface area contributed by atoms with E-state index in [9.17, 15) is 14.7 Å². The fourth-order valence-electron chi connectivity index (χ4n) is 11.8. The van der Waals surface area contributed by atoms with Crippen LogP contribution in [-0.4, -0.2) is 36.4 Å². The number of carbonyl (C=O) groups is 2. The highest BCUT2D eigenvalue weighted by atomic mass is 16.6. The molecule has 0 aromatic rings. The standard InChI is InChI=1S/C81H148O5/c1-3-5-7-9-11-13-15-17-19-21-23-25-27-29-31-33-35-36-37-38-39-40-41-42-43-44-46-47-49-51-53-55-57-59-61-63-65-67-69-71-73-75-80(83)85-78-79(77-82)86-81(84)76-74-72-70-68-66-64-62-60-58-56-54-52-50-48-45-34-32-30-28-26-24-22-20-18-16-14-12-10-8-6-4-2/h6,8,12,14-15,17-18,20-21,23-24,26,79,82H,3-5,7,9-11,13,16,19,22,25,27-78H2,1-2H3/b8-6-,14-12-,17-15-,20-18-,23-21-,26-24-. The number of hydrogen-bond donors (Lipinski definition) is 1. The maximum atomic E-state index is 12.4. The van der Waals surface area contributed by atoms with Crippen molar-refractivity contribution >= 4 is 11.9 Å². The molecule has 5 nitrogen and oxygen atoms in total. The molecule has 0 aliphatic rings. The molecular weight excluding hydrogens is 1050 g/mol. The van der Waals surface area contributed by atoms with Gasteiger partial charge in [0, 0.05) is 12.8 Å². The normalized spacial score (nSPS) is 12.5. The molecule has 86 heavy (non-hydrogen) atoms. The van der Waals surface area contributed by atoms with Gasteiger partial charge in [0.1, 0.15) is 6.61 Å². The van der Waals surface area contributed by atoms with Crippen molar-refractivity contribution in [3.8, 4) is 0 Å². The highest BCUT2D eigenvalue weighted by molar-refractivity contribution is 5.70. The fraction of sp³-hybridized carbons (Fsp3) is 0.827. The van der Waals surface area contributed by atoms with Gasteiger partial charge in [0.25, 0.3) is 0 Å². The summed E-state index contributed by atoms with van der Waals surface area (Å²) >= 11 is 0. The molecule has 0 rings (SSSR count). The molecule has 1 N–H and O–H groups in total. The zero-order chi connectivity index (χ0) is 61.9. The lowest BCUT2D eigenvalue weighted by Crippen LogP contribution is -2.28. The monoisotopic (exact) mass is 1200 g/mol. The topological polar surface area (TPSA) is 72.8 Å². The molecule has 0 heterocycles. The van der Waals surface area contributed by atoms with E-state index in [0.29, 0.717) is 12.8 Å². The van der Waals surface area contributed by atoms with Crippen LogP contribution in [0.25, 0.3) is 0 Å². The number of unbranched alkanes of at least 4 members (excludes halogenated alkanes) is 52. The fourth-order valence-corrected chi connectivity index (χ4v) is 11.8. The highest BCUT2D eigenvalue weighted by Gasteiger charge is 2.16. The third-order valence-corrected chi connectivity index (χ3v) is 17.5. The molecule has 0 amide bonds. The summed E-state index contributed by atoms with van der Waals surface area (Å²) in [6.45, 7) is 4.07. The Labute approximate surface area is 537 Å². The van der Waals surface area contributed by atoms with Crippen molar-refractivity contribution in [1.82, 2.24) is 0 Å². The first kappa shape index (κ1) is 83.3. The molecule has 0 aromatic heterocycles. The maximum Gasteiger partial charge on any atom is 0.306 e. The summed E-state index contributed by atoms with van der Waals surface area (Å²) in [5.41, 5.74) is 0. The number of aliphatic hydroxyl groups is 1. The Morgan fingerprint density at radius 2 is 0.500 bits per heavy atom. The van der Waals surface area contributed by atoms with Crippen LogP contribution in [0.3, 0.4) is 0 Å². The minimum atomic E-state index is -0.773. The maximum absolute atomic E-state index is 12.4. The average Bonchev–Trinajstić information content (AvgIpc) is 3.55. The second kappa shape index (κ2) is 76.6. The molecule has 0 aliphatic carbocycles. The number of ether oxygens (including phenoxy) is 2. The number of carbonyl (C=O) groups excluding carboxylic acids is 2. The summed E-state index contributed by atoms with van der Waals surface area (Å²) in [5, 5.41) is 9.72. The predicted molar refractivity (Wildman–Crippen MR) is 380 cm³/mol. The van der Waals surface area contributed by atoms with E-state index >= 15 is 0 Å². The smallest absolute Gasteiger partial charge is 0.306 e. The van der Waals surface area contributed by atoms with Gasteiger partial charge in [-0.05, 0) is 83.5 Å². The van der Waals surface area contributed by atoms with Crippen LogP contribution < -0.4 is 0 Å². The van der Waals surface area contributed by atoms with Crippen LogP contribution in [0.2, 0.25) is 0 Å². The first-order valence-corrected chi connectivity index (χ1v) is 38.5. The average molecular weight is 1200 g/mol. The Morgan fingerprint density at radius 3 is 0.756 bits per heavy atom. The summed E-state index contributed by atoms with van der Waals surface area (Å²) in [6, 6.07) is 0. The number of rotatable bonds is 72. The molecule has 0 bridgehead atoms. The lowest BCUT2D eigenvalue weighted by molar-refractivity contribution is -0.161. The minimum Gasteiger partial charge on any atom is -0.462 e. The van der Waals surface area contributed by atoms with Gasteiger partial charge in [-0.15, -0.1) is 0 Å². The zero-order valence-corrected chi connectivity index (χ0v) is 57.8. The second-order valence-electron chi connectivity index (χ2n) is 26.1. The summed E-state index contributed by atoms with van der Waals surface area (Å²) in [5.74, 6) is -0.568. The molecule has 0 spiro atoms. The van der Waals surface area contributed by atoms with Gasteiger partial charge in [0.05, 0.1) is 6.61 Å². The molecular formula is C81H148O5. The van der Waals surface area contributed by atoms with Gasteiger partial charge in [-0.3, -0.25) is 9.59 Å². The SMILES string of the molecule is CC/C=C\C/C=C\C/C=C\C/C=C\CCCCCCCCCCCCCCCCCCCCC(=O)OC(CO)COC(=O)CCCCCCCCCCCCCCCCCCCCCCCCCCCCCCC/C=C\C/C=C\CCCCCCC. The lowest BCUT2D eigenvalue weighted by Gasteiger charge is -2.15. The Kier molecular flexibility index (Phi) is 74.2. The van der Waals surface area contributed by atoms with Gasteiger partial charge in [0.15, 0.2) is 6.10 Å². The van der Waals surface area contributed by atoms with E-state index in [-0.39, 0.29) is 25.2 Å². The van der Waals surface area contributed by atoms with Crippen LogP contribution in [0.15, 0.2) is 72.9 Å². The Balaban J connectivity index is 3.37. The number of hydrogen-bond acceptors (Lipinski definition) is 5. The first-order valence-electron chi connectivity index (χ1n) is 38.5. The van der Waals surface area contributed by atoms with Crippen LogP contribution >= 0.6 is 0 Å². The van der Waals surface area contributed by atoms with E-state index < -0.39 is 6.10 Å². The molecule has 0 radical (unpaired) electrons. The van der Waals surface area contributed by atoms with Gasteiger partial charge in [-0.25, -0.2) is 0 Å². The molecule has 0 saturated carbocycles. The second-order valence-corrected chi connectivity index (χ2v) is 26.1. The van der Waals surface area contributed by atoms with Gasteiger partial charge < -0.3 is 14.6 Å². The van der Waals surface area contributed by atoms with Gasteiger partial charge in [0.2, 0.25) is 0 Å². The van der Waals surface area contributed by atoms with E-state index in [0.717, 1.165) is 70.6 Å². The first-order chi connectivity index (χ1) is 42.6. The minimum absolute atomic E-state index is 0.0612. The molecule has 502 valence electrons. The van der Waals surface area contributed by atoms with Crippen molar-refractivity contribution in [1.29, 1.82) is 0 Å². The van der Waals surface area contributed by atoms with Crippen molar-refractivity contribution < 1.29 is 24.2 Å². The summed E-state index contributed by atoms with van der Waals surface area (Å²) in [6.07, 6.45) is 107. The highest BCUT2D eigenvalue weighted by Crippen LogP contribution is 2.19. The van der Waals surface area contributed by atoms with Crippen LogP contribution in [-0.2, 0) is 19.1 Å². The van der Waals surface area contributed by atoms with E-state index in [2.05, 4.69) is 86.8 Å². The van der Waals surface area contributed by atoms with Crippen LogP contribution in [0, 0.1) is 0 Å². The quantitative estimate of drug-likeness (QED) is 0.0373. The van der Waals surface area contributed by atoms with Crippen molar-refractivity contribution in [2.24, 2.45) is 0 Å². The molecule has 5 heteroatoms. The largest absolute Gasteiger partial charge is 0.462 e. The Morgan fingerprint density at radius 1 is 0.279 bits per heavy atom. The number of allylic oxidation sites excluding steroid dienone is 12. The summed E-state index contributed by atoms with van der Waals surface area (Å²) in [7, 11) is 0. The summed E-state index contributed by atoms with van der Waals surface area (Å²) in [4.78, 5) is 24.7. The van der Waals surface area contributed by atoms with Crippen LogP contribution in [0.1, 0.15) is 412 Å². The number of aliphatic hydroxyl groups excluding tert-OH is 1. The third kappa shape index (κ3) is 73.8. The van der Waals surface area contributed by atoms with Gasteiger partial charge >= 0.3 is 11.9 Å². The van der Waals surface area contributed by atoms with E-state index in [4.69, 9.17) is 9.47 Å².